The second-order valence-electron chi connectivity index (χ2n) is 7.64. The first-order chi connectivity index (χ1) is 14.7. The van der Waals surface area contributed by atoms with E-state index in [1.165, 1.54) is 27.9 Å². The molecule has 0 radical (unpaired) electrons. The maximum absolute atomic E-state index is 5.51. The number of thiophene rings is 1. The molecule has 0 saturated carbocycles. The van der Waals surface area contributed by atoms with E-state index in [0.29, 0.717) is 19.8 Å². The molecule has 2 heterocycles. The fraction of sp³-hybridized carbons (Fsp3) is 0.417. The third kappa shape index (κ3) is 5.17. The van der Waals surface area contributed by atoms with Crippen LogP contribution in [0.1, 0.15) is 43.6 Å². The van der Waals surface area contributed by atoms with Crippen LogP contribution in [-0.2, 0) is 16.0 Å². The van der Waals surface area contributed by atoms with Gasteiger partial charge in [0.25, 0.3) is 0 Å². The van der Waals surface area contributed by atoms with Crippen LogP contribution in [0.15, 0.2) is 52.7 Å². The number of nitrogens with zero attached hydrogens (tertiary/aromatic N) is 3. The molecule has 0 fully saturated rings. The lowest BCUT2D eigenvalue weighted by atomic mass is 9.92. The molecular formula is C24H27N3O2S. The zero-order valence-corrected chi connectivity index (χ0v) is 18.4. The van der Waals surface area contributed by atoms with Crippen molar-refractivity contribution >= 4 is 16.9 Å². The summed E-state index contributed by atoms with van der Waals surface area (Å²) >= 11 is 1.71. The van der Waals surface area contributed by atoms with Crippen molar-refractivity contribution < 1.29 is 9.47 Å². The van der Waals surface area contributed by atoms with Gasteiger partial charge in [-0.15, -0.1) is 16.4 Å². The van der Waals surface area contributed by atoms with Crippen LogP contribution in [0.25, 0.3) is 5.57 Å². The van der Waals surface area contributed by atoms with Gasteiger partial charge < -0.3 is 9.47 Å². The average molecular weight is 422 g/mol. The van der Waals surface area contributed by atoms with E-state index in [2.05, 4.69) is 45.8 Å². The summed E-state index contributed by atoms with van der Waals surface area (Å²) in [6.07, 6.45) is 11.6. The smallest absolute Gasteiger partial charge is 0.108 e. The Kier molecular flexibility index (Phi) is 6.96. The molecule has 6 heteroatoms. The molecule has 2 aromatic rings. The Morgan fingerprint density at radius 2 is 2.10 bits per heavy atom. The van der Waals surface area contributed by atoms with Crippen molar-refractivity contribution in [3.05, 3.63) is 63.2 Å². The number of hydrogen-bond acceptors (Lipinski definition) is 5. The summed E-state index contributed by atoms with van der Waals surface area (Å²) in [5, 5.41) is 10.3. The fourth-order valence-corrected chi connectivity index (χ4v) is 4.65. The molecular weight excluding hydrogens is 394 g/mol. The van der Waals surface area contributed by atoms with Gasteiger partial charge in [-0.3, -0.25) is 0 Å². The van der Waals surface area contributed by atoms with Gasteiger partial charge in [-0.25, -0.2) is 4.68 Å². The molecule has 4 rings (SSSR count). The van der Waals surface area contributed by atoms with Crippen LogP contribution < -0.4 is 0 Å². The van der Waals surface area contributed by atoms with Gasteiger partial charge in [0, 0.05) is 6.20 Å². The molecule has 0 amide bonds. The van der Waals surface area contributed by atoms with Gasteiger partial charge in [0.15, 0.2) is 0 Å². The van der Waals surface area contributed by atoms with Crippen LogP contribution in [0.4, 0.5) is 0 Å². The van der Waals surface area contributed by atoms with Crippen LogP contribution in [0.5, 0.6) is 0 Å². The molecule has 2 aliphatic rings. The van der Waals surface area contributed by atoms with Crippen molar-refractivity contribution in [2.45, 2.75) is 45.8 Å². The highest BCUT2D eigenvalue weighted by atomic mass is 32.1. The third-order valence-corrected chi connectivity index (χ3v) is 6.04. The zero-order valence-electron chi connectivity index (χ0n) is 17.6. The van der Waals surface area contributed by atoms with Gasteiger partial charge >= 0.3 is 0 Å². The Morgan fingerprint density at radius 1 is 1.20 bits per heavy atom. The van der Waals surface area contributed by atoms with E-state index >= 15 is 0 Å². The van der Waals surface area contributed by atoms with Crippen LogP contribution in [-0.4, -0.2) is 40.9 Å². The predicted molar refractivity (Wildman–Crippen MR) is 120 cm³/mol. The normalized spacial score (nSPS) is 15.7. The molecule has 0 aliphatic heterocycles. The zero-order chi connectivity index (χ0) is 20.8. The second kappa shape index (κ2) is 10.0. The van der Waals surface area contributed by atoms with Crippen molar-refractivity contribution in [1.82, 2.24) is 15.0 Å². The summed E-state index contributed by atoms with van der Waals surface area (Å²) in [5.74, 6) is 6.35. The molecule has 156 valence electrons. The summed E-state index contributed by atoms with van der Waals surface area (Å²) in [7, 11) is 0. The average Bonchev–Trinajstić information content (AvgIpc) is 3.48. The van der Waals surface area contributed by atoms with Crippen LogP contribution in [0.3, 0.4) is 0 Å². The molecule has 2 aliphatic carbocycles. The highest BCUT2D eigenvalue weighted by Crippen LogP contribution is 2.44. The molecule has 0 N–H and O–H groups in total. The van der Waals surface area contributed by atoms with Gasteiger partial charge in [-0.05, 0) is 72.4 Å². The minimum atomic E-state index is 0.240. The van der Waals surface area contributed by atoms with Gasteiger partial charge in [-0.1, -0.05) is 29.2 Å². The molecule has 30 heavy (non-hydrogen) atoms. The third-order valence-electron chi connectivity index (χ3n) is 5.20. The highest BCUT2D eigenvalue weighted by Gasteiger charge is 2.25. The monoisotopic (exact) mass is 421 g/mol. The molecule has 0 bridgehead atoms. The van der Waals surface area contributed by atoms with E-state index in [1.807, 2.05) is 24.7 Å². The Balaban J connectivity index is 1.40. The Hall–Kier alpha value is -2.46. The van der Waals surface area contributed by atoms with Crippen molar-refractivity contribution in [2.24, 2.45) is 0 Å². The molecule has 0 spiro atoms. The molecule has 0 aromatic carbocycles. The number of allylic oxidation sites excluding steroid dienone is 6. The second-order valence-corrected chi connectivity index (χ2v) is 8.55. The summed E-state index contributed by atoms with van der Waals surface area (Å²) in [4.78, 5) is 1.09. The highest BCUT2D eigenvalue weighted by molar-refractivity contribution is 7.10. The SMILES string of the molecule is CC(C)OCCOCC#Cc1cc(C2=C3CC=CC(Cn4ccnn4)=C3CC2)cs1. The number of rotatable bonds is 8. The van der Waals surface area contributed by atoms with Crippen molar-refractivity contribution in [2.75, 3.05) is 19.8 Å². The summed E-state index contributed by atoms with van der Waals surface area (Å²) in [5.41, 5.74) is 7.11. The maximum atomic E-state index is 5.51. The maximum Gasteiger partial charge on any atom is 0.108 e. The largest absolute Gasteiger partial charge is 0.376 e. The van der Waals surface area contributed by atoms with Crippen molar-refractivity contribution in [3.8, 4) is 11.8 Å². The molecule has 0 atom stereocenters. The Morgan fingerprint density at radius 3 is 2.93 bits per heavy atom. The quantitative estimate of drug-likeness (QED) is 0.460. The lowest BCUT2D eigenvalue weighted by Gasteiger charge is -2.15. The topological polar surface area (TPSA) is 49.2 Å². The van der Waals surface area contributed by atoms with E-state index in [9.17, 15) is 0 Å². The first kappa shape index (κ1) is 20.8. The standard InChI is InChI=1S/C24H27N3O2S/c1-18(2)29-14-13-28-12-4-6-21-15-20(17-30-21)23-9-8-22-19(5-3-7-24(22)23)16-27-11-10-25-26-27/h3,5,10-11,15,17-18H,7-9,12-14,16H2,1-2H3. The van der Waals surface area contributed by atoms with Gasteiger partial charge in [-0.2, -0.15) is 0 Å². The fourth-order valence-electron chi connectivity index (χ4n) is 3.86. The summed E-state index contributed by atoms with van der Waals surface area (Å²) in [6.45, 7) is 6.46. The number of fused-ring (bicyclic) bond motifs is 1. The van der Waals surface area contributed by atoms with E-state index in [0.717, 1.165) is 30.7 Å². The van der Waals surface area contributed by atoms with Crippen LogP contribution in [0.2, 0.25) is 0 Å². The van der Waals surface area contributed by atoms with E-state index < -0.39 is 0 Å². The van der Waals surface area contributed by atoms with Crippen LogP contribution >= 0.6 is 11.3 Å². The van der Waals surface area contributed by atoms with Crippen LogP contribution in [0, 0.1) is 11.8 Å². The van der Waals surface area contributed by atoms with E-state index in [4.69, 9.17) is 9.47 Å². The predicted octanol–water partition coefficient (Wildman–Crippen LogP) is 4.64. The number of aromatic nitrogens is 3. The molecule has 0 saturated heterocycles. The Bertz CT molecular complexity index is 1020. The van der Waals surface area contributed by atoms with Gasteiger partial charge in [0.05, 0.1) is 36.9 Å². The lowest BCUT2D eigenvalue weighted by Crippen LogP contribution is -2.09. The molecule has 5 nitrogen and oxygen atoms in total. The summed E-state index contributed by atoms with van der Waals surface area (Å²) < 4.78 is 12.9. The number of hydrogen-bond donors (Lipinski definition) is 0. The first-order valence-electron chi connectivity index (χ1n) is 10.4. The lowest BCUT2D eigenvalue weighted by molar-refractivity contribution is 0.0280. The van der Waals surface area contributed by atoms with Crippen molar-refractivity contribution in [3.63, 3.8) is 0 Å². The Labute approximate surface area is 182 Å². The van der Waals surface area contributed by atoms with E-state index in [1.54, 1.807) is 17.5 Å². The first-order valence-corrected chi connectivity index (χ1v) is 11.3. The molecule has 2 aromatic heterocycles. The summed E-state index contributed by atoms with van der Waals surface area (Å²) in [6, 6.07) is 2.22. The van der Waals surface area contributed by atoms with Gasteiger partial charge in [0.1, 0.15) is 6.61 Å². The van der Waals surface area contributed by atoms with E-state index in [-0.39, 0.29) is 6.10 Å². The van der Waals surface area contributed by atoms with Crippen molar-refractivity contribution in [1.29, 1.82) is 0 Å². The number of ether oxygens (including phenoxy) is 2. The molecule has 0 unspecified atom stereocenters. The minimum Gasteiger partial charge on any atom is -0.376 e. The minimum absolute atomic E-state index is 0.240. The van der Waals surface area contributed by atoms with Gasteiger partial charge in [0.2, 0.25) is 0 Å².